The third-order valence-corrected chi connectivity index (χ3v) is 4.01. The fraction of sp³-hybridized carbons (Fsp3) is 0.692. The number of nitrogens with zero attached hydrogens (tertiary/aromatic N) is 2. The summed E-state index contributed by atoms with van der Waals surface area (Å²) >= 11 is 3.34. The van der Waals surface area contributed by atoms with Crippen LogP contribution < -0.4 is 15.8 Å². The van der Waals surface area contributed by atoms with Gasteiger partial charge in [-0.2, -0.15) is 0 Å². The molecule has 0 amide bonds. The normalized spacial score (nSPS) is 20.0. The van der Waals surface area contributed by atoms with Crippen molar-refractivity contribution in [1.29, 1.82) is 0 Å². The molecule has 2 heterocycles. The summed E-state index contributed by atoms with van der Waals surface area (Å²) in [5, 5.41) is 3.53. The molecular weight excluding hydrogens is 308 g/mol. The van der Waals surface area contributed by atoms with Crippen LogP contribution in [0.4, 0.5) is 5.82 Å². The fourth-order valence-corrected chi connectivity index (χ4v) is 2.77. The zero-order valence-corrected chi connectivity index (χ0v) is 13.2. The summed E-state index contributed by atoms with van der Waals surface area (Å²) in [7, 11) is 0. The maximum absolute atomic E-state index is 11.6. The number of hydrogen-bond acceptors (Lipinski definition) is 4. The van der Waals surface area contributed by atoms with E-state index in [-0.39, 0.29) is 11.1 Å². The van der Waals surface area contributed by atoms with Crippen molar-refractivity contribution in [2.24, 2.45) is 0 Å². The summed E-state index contributed by atoms with van der Waals surface area (Å²) in [5.74, 6) is 0.752. The van der Waals surface area contributed by atoms with Crippen molar-refractivity contribution >= 4 is 21.7 Å². The molecule has 1 saturated heterocycles. The first-order valence-corrected chi connectivity index (χ1v) is 7.42. The second kappa shape index (κ2) is 5.63. The van der Waals surface area contributed by atoms with Crippen LogP contribution in [-0.2, 0) is 0 Å². The lowest BCUT2D eigenvalue weighted by Crippen LogP contribution is -2.45. The van der Waals surface area contributed by atoms with Gasteiger partial charge in [-0.1, -0.05) is 0 Å². The minimum atomic E-state index is -0.126. The van der Waals surface area contributed by atoms with E-state index < -0.39 is 0 Å². The standard InChI is InChI=1S/C13H21BrN4O/c1-13(2,3)17-7-9-5-4-6-18(9)11-10(14)12(19)16-8-15-11/h8-9,17H,4-7H2,1-3H3,(H,15,16,19). The van der Waals surface area contributed by atoms with Gasteiger partial charge in [0.2, 0.25) is 0 Å². The van der Waals surface area contributed by atoms with E-state index in [1.165, 1.54) is 6.33 Å². The Kier molecular flexibility index (Phi) is 4.30. The van der Waals surface area contributed by atoms with Crippen molar-refractivity contribution in [3.8, 4) is 0 Å². The highest BCUT2D eigenvalue weighted by atomic mass is 79.9. The zero-order chi connectivity index (χ0) is 14.0. The maximum Gasteiger partial charge on any atom is 0.267 e. The van der Waals surface area contributed by atoms with Gasteiger partial charge in [0.1, 0.15) is 4.47 Å². The molecule has 1 aromatic heterocycles. The van der Waals surface area contributed by atoms with Crippen LogP contribution in [0.2, 0.25) is 0 Å². The topological polar surface area (TPSA) is 61.0 Å². The number of nitrogens with one attached hydrogen (secondary N) is 2. The highest BCUT2D eigenvalue weighted by Gasteiger charge is 2.28. The van der Waals surface area contributed by atoms with E-state index in [9.17, 15) is 4.79 Å². The third kappa shape index (κ3) is 3.57. The predicted octanol–water partition coefficient (Wildman–Crippen LogP) is 1.89. The van der Waals surface area contributed by atoms with E-state index in [2.05, 4.69) is 56.9 Å². The summed E-state index contributed by atoms with van der Waals surface area (Å²) < 4.78 is 0.526. The van der Waals surface area contributed by atoms with Gasteiger partial charge in [0.15, 0.2) is 5.82 Å². The van der Waals surface area contributed by atoms with Crippen molar-refractivity contribution in [2.45, 2.75) is 45.2 Å². The molecule has 5 nitrogen and oxygen atoms in total. The van der Waals surface area contributed by atoms with Crippen molar-refractivity contribution < 1.29 is 0 Å². The van der Waals surface area contributed by atoms with Crippen molar-refractivity contribution in [2.75, 3.05) is 18.0 Å². The van der Waals surface area contributed by atoms with Crippen molar-refractivity contribution in [3.63, 3.8) is 0 Å². The molecule has 6 heteroatoms. The van der Waals surface area contributed by atoms with Crippen LogP contribution in [0.3, 0.4) is 0 Å². The van der Waals surface area contributed by atoms with Gasteiger partial charge in [-0.3, -0.25) is 4.79 Å². The van der Waals surface area contributed by atoms with Gasteiger partial charge in [-0.15, -0.1) is 0 Å². The molecule has 19 heavy (non-hydrogen) atoms. The Bertz CT molecular complexity index is 494. The largest absolute Gasteiger partial charge is 0.351 e. The van der Waals surface area contributed by atoms with Crippen LogP contribution >= 0.6 is 15.9 Å². The fourth-order valence-electron chi connectivity index (χ4n) is 2.32. The lowest BCUT2D eigenvalue weighted by molar-refractivity contribution is 0.404. The molecule has 0 spiro atoms. The number of rotatable bonds is 3. The molecule has 1 atom stereocenters. The number of H-pyrrole nitrogens is 1. The summed E-state index contributed by atoms with van der Waals surface area (Å²) in [6.07, 6.45) is 3.73. The van der Waals surface area contributed by atoms with Gasteiger partial charge >= 0.3 is 0 Å². The summed E-state index contributed by atoms with van der Waals surface area (Å²) in [6, 6.07) is 0.393. The Morgan fingerprint density at radius 2 is 2.32 bits per heavy atom. The van der Waals surface area contributed by atoms with E-state index in [0.717, 1.165) is 31.7 Å². The van der Waals surface area contributed by atoms with Crippen LogP contribution in [0.1, 0.15) is 33.6 Å². The second-order valence-corrected chi connectivity index (χ2v) is 6.78. The van der Waals surface area contributed by atoms with E-state index in [4.69, 9.17) is 0 Å². The Labute approximate surface area is 121 Å². The van der Waals surface area contributed by atoms with Crippen molar-refractivity contribution in [3.05, 3.63) is 21.2 Å². The van der Waals surface area contributed by atoms with Gasteiger partial charge < -0.3 is 15.2 Å². The number of anilines is 1. The molecular formula is C13H21BrN4O. The molecule has 2 N–H and O–H groups in total. The van der Waals surface area contributed by atoms with E-state index in [1.807, 2.05) is 0 Å². The molecule has 1 unspecified atom stereocenters. The molecule has 0 radical (unpaired) electrons. The maximum atomic E-state index is 11.6. The smallest absolute Gasteiger partial charge is 0.267 e. The summed E-state index contributed by atoms with van der Waals surface area (Å²) in [5.41, 5.74) is -0.0213. The first kappa shape index (κ1) is 14.5. The number of aromatic nitrogens is 2. The molecule has 1 aromatic rings. The first-order valence-electron chi connectivity index (χ1n) is 6.63. The lowest BCUT2D eigenvalue weighted by Gasteiger charge is -2.30. The van der Waals surface area contributed by atoms with E-state index >= 15 is 0 Å². The highest BCUT2D eigenvalue weighted by Crippen LogP contribution is 2.27. The van der Waals surface area contributed by atoms with Crippen LogP contribution in [-0.4, -0.2) is 34.6 Å². The summed E-state index contributed by atoms with van der Waals surface area (Å²) in [6.45, 7) is 8.34. The molecule has 106 valence electrons. The molecule has 1 aliphatic heterocycles. The van der Waals surface area contributed by atoms with E-state index in [0.29, 0.717) is 10.5 Å². The van der Waals surface area contributed by atoms with Crippen LogP contribution in [0.5, 0.6) is 0 Å². The van der Waals surface area contributed by atoms with E-state index in [1.54, 1.807) is 0 Å². The third-order valence-electron chi connectivity index (χ3n) is 3.30. The Balaban J connectivity index is 2.14. The van der Waals surface area contributed by atoms with Gasteiger partial charge in [-0.05, 0) is 49.5 Å². The average Bonchev–Trinajstić information content (AvgIpc) is 2.77. The minimum Gasteiger partial charge on any atom is -0.351 e. The van der Waals surface area contributed by atoms with Crippen molar-refractivity contribution in [1.82, 2.24) is 15.3 Å². The Morgan fingerprint density at radius 3 is 3.00 bits per heavy atom. The minimum absolute atomic E-state index is 0.104. The molecule has 0 saturated carbocycles. The van der Waals surface area contributed by atoms with Gasteiger partial charge in [0.05, 0.1) is 6.33 Å². The molecule has 0 aliphatic carbocycles. The van der Waals surface area contributed by atoms with Gasteiger partial charge in [0.25, 0.3) is 5.56 Å². The first-order chi connectivity index (χ1) is 8.88. The SMILES string of the molecule is CC(C)(C)NCC1CCCN1c1nc[nH]c(=O)c1Br. The number of halogens is 1. The molecule has 0 aromatic carbocycles. The highest BCUT2D eigenvalue weighted by molar-refractivity contribution is 9.10. The van der Waals surface area contributed by atoms with Gasteiger partial charge in [-0.25, -0.2) is 4.98 Å². The molecule has 0 bridgehead atoms. The molecule has 1 fully saturated rings. The lowest BCUT2D eigenvalue weighted by atomic mass is 10.1. The average molecular weight is 329 g/mol. The molecule has 1 aliphatic rings. The Hall–Kier alpha value is -0.880. The van der Waals surface area contributed by atoms with Crippen LogP contribution in [0.25, 0.3) is 0 Å². The van der Waals surface area contributed by atoms with Crippen LogP contribution in [0, 0.1) is 0 Å². The summed E-state index contributed by atoms with van der Waals surface area (Å²) in [4.78, 5) is 20.7. The quantitative estimate of drug-likeness (QED) is 0.889. The second-order valence-electron chi connectivity index (χ2n) is 5.99. The van der Waals surface area contributed by atoms with Gasteiger partial charge in [0, 0.05) is 24.7 Å². The van der Waals surface area contributed by atoms with Crippen LogP contribution in [0.15, 0.2) is 15.6 Å². The number of aromatic amines is 1. The number of hydrogen-bond donors (Lipinski definition) is 2. The zero-order valence-electron chi connectivity index (χ0n) is 11.7. The predicted molar refractivity (Wildman–Crippen MR) is 80.7 cm³/mol. The molecule has 2 rings (SSSR count). The monoisotopic (exact) mass is 328 g/mol. The Morgan fingerprint density at radius 1 is 1.58 bits per heavy atom.